The zero-order valence-electron chi connectivity index (χ0n) is 23.2. The first kappa shape index (κ1) is 30.4. The lowest BCUT2D eigenvalue weighted by Crippen LogP contribution is -2.49. The van der Waals surface area contributed by atoms with Crippen LogP contribution >= 0.6 is 0 Å². The van der Waals surface area contributed by atoms with Gasteiger partial charge in [-0.25, -0.2) is 14.2 Å². The van der Waals surface area contributed by atoms with E-state index >= 15 is 0 Å². The summed E-state index contributed by atoms with van der Waals surface area (Å²) in [6.45, 7) is 10.4. The van der Waals surface area contributed by atoms with Crippen molar-refractivity contribution < 1.29 is 18.7 Å². The minimum Gasteiger partial charge on any atom is -0.444 e. The van der Waals surface area contributed by atoms with Gasteiger partial charge in [0, 0.05) is 32.2 Å². The fourth-order valence-electron chi connectivity index (χ4n) is 3.37. The molecule has 2 rings (SSSR count). The summed E-state index contributed by atoms with van der Waals surface area (Å²) >= 11 is 0. The first-order chi connectivity index (χ1) is 18.0. The third-order valence-corrected chi connectivity index (χ3v) is 5.25. The van der Waals surface area contributed by atoms with Crippen LogP contribution in [-0.4, -0.2) is 58.6 Å². The van der Waals surface area contributed by atoms with Crippen molar-refractivity contribution in [1.82, 2.24) is 20.2 Å². The molecule has 206 valence electrons. The van der Waals surface area contributed by atoms with Crippen molar-refractivity contribution in [2.45, 2.75) is 71.9 Å². The molecule has 1 heterocycles. The summed E-state index contributed by atoms with van der Waals surface area (Å²) in [4.78, 5) is 35.1. The number of amides is 2. The van der Waals surface area contributed by atoms with Crippen molar-refractivity contribution in [2.75, 3.05) is 30.8 Å². The number of ether oxygens (including phenoxy) is 1. The monoisotopic (exact) mass is 526 g/mol. The number of halogens is 1. The number of nitrogens with one attached hydrogen (secondary N) is 3. The van der Waals surface area contributed by atoms with E-state index in [9.17, 15) is 14.0 Å². The minimum absolute atomic E-state index is 0.227. The van der Waals surface area contributed by atoms with E-state index < -0.39 is 17.7 Å². The number of hydrogen-bond donors (Lipinski definition) is 3. The molecule has 0 fully saturated rings. The number of carbonyl (C=O) groups excluding carboxylic acids is 2. The van der Waals surface area contributed by atoms with Crippen molar-refractivity contribution >= 4 is 29.5 Å². The van der Waals surface area contributed by atoms with Gasteiger partial charge in [0.1, 0.15) is 23.3 Å². The van der Waals surface area contributed by atoms with E-state index in [-0.39, 0.29) is 11.7 Å². The summed E-state index contributed by atoms with van der Waals surface area (Å²) < 4.78 is 18.8. The van der Waals surface area contributed by atoms with Crippen LogP contribution in [0.4, 0.5) is 26.6 Å². The third-order valence-electron chi connectivity index (χ3n) is 5.25. The first-order valence-electron chi connectivity index (χ1n) is 12.9. The second-order valence-electron chi connectivity index (χ2n) is 9.73. The van der Waals surface area contributed by atoms with Crippen molar-refractivity contribution in [2.24, 2.45) is 0 Å². The number of benzene rings is 1. The van der Waals surface area contributed by atoms with Gasteiger partial charge in [-0.3, -0.25) is 9.69 Å². The summed E-state index contributed by atoms with van der Waals surface area (Å²) in [6, 6.07) is 5.47. The molecule has 2 aromatic rings. The van der Waals surface area contributed by atoms with E-state index in [4.69, 9.17) is 4.74 Å². The van der Waals surface area contributed by atoms with Gasteiger partial charge in [0.15, 0.2) is 0 Å². The highest BCUT2D eigenvalue weighted by atomic mass is 19.1. The Balaban J connectivity index is 1.92. The van der Waals surface area contributed by atoms with E-state index in [2.05, 4.69) is 37.8 Å². The van der Waals surface area contributed by atoms with Crippen molar-refractivity contribution in [3.63, 3.8) is 0 Å². The third kappa shape index (κ3) is 10.2. The van der Waals surface area contributed by atoms with Gasteiger partial charge in [0.2, 0.25) is 11.9 Å². The maximum absolute atomic E-state index is 13.5. The van der Waals surface area contributed by atoms with Crippen LogP contribution in [0.5, 0.6) is 0 Å². The van der Waals surface area contributed by atoms with Gasteiger partial charge in [-0.15, -0.1) is 0 Å². The second kappa shape index (κ2) is 14.8. The molecule has 0 aliphatic rings. The smallest absolute Gasteiger partial charge is 0.410 e. The Morgan fingerprint density at radius 3 is 2.63 bits per heavy atom. The van der Waals surface area contributed by atoms with Crippen LogP contribution in [0, 0.1) is 17.7 Å². The van der Waals surface area contributed by atoms with Crippen molar-refractivity contribution in [3.05, 3.63) is 41.8 Å². The van der Waals surface area contributed by atoms with E-state index in [1.807, 2.05) is 13.8 Å². The number of hydrogen-bond acceptors (Lipinski definition) is 7. The number of carbonyl (C=O) groups is 2. The fourth-order valence-corrected chi connectivity index (χ4v) is 3.37. The van der Waals surface area contributed by atoms with Gasteiger partial charge in [-0.1, -0.05) is 31.8 Å². The minimum atomic E-state index is -0.631. The molecule has 1 aromatic heterocycles. The number of anilines is 3. The Bertz CT molecular complexity index is 1140. The molecule has 38 heavy (non-hydrogen) atoms. The Morgan fingerprint density at radius 1 is 1.21 bits per heavy atom. The van der Waals surface area contributed by atoms with Gasteiger partial charge in [-0.2, -0.15) is 4.98 Å². The van der Waals surface area contributed by atoms with Gasteiger partial charge >= 0.3 is 6.09 Å². The standard InChI is InChI=1S/C28H39FN6O3/c1-7-16-30-24-20(19-32-26(34-24)33-22-15-12-14-21(29)18-22)13-10-9-11-17-31-25(36)23(8-2)35(6)27(37)38-28(3,4)5/h12,14-15,18-19,23H,7-9,11,16-17H2,1-6H3,(H,31,36)(H2,30,32,33,34)/t23-/m0/s1. The summed E-state index contributed by atoms with van der Waals surface area (Å²) in [6.07, 6.45) is 3.67. The molecular weight excluding hydrogens is 487 g/mol. The van der Waals surface area contributed by atoms with Crippen LogP contribution in [0.1, 0.15) is 65.9 Å². The molecule has 0 saturated heterocycles. The average molecular weight is 527 g/mol. The number of rotatable bonds is 11. The lowest BCUT2D eigenvalue weighted by atomic mass is 10.1. The molecule has 0 saturated carbocycles. The van der Waals surface area contributed by atoms with E-state index in [0.717, 1.165) is 6.42 Å². The Labute approximate surface area is 225 Å². The van der Waals surface area contributed by atoms with Crippen LogP contribution in [0.25, 0.3) is 0 Å². The highest BCUT2D eigenvalue weighted by Gasteiger charge is 2.28. The summed E-state index contributed by atoms with van der Waals surface area (Å²) in [5.74, 6) is 6.55. The van der Waals surface area contributed by atoms with Gasteiger partial charge in [-0.05, 0) is 58.2 Å². The quantitative estimate of drug-likeness (QED) is 0.277. The molecule has 9 nitrogen and oxygen atoms in total. The number of aromatic nitrogens is 2. The topological polar surface area (TPSA) is 108 Å². The predicted molar refractivity (Wildman–Crippen MR) is 148 cm³/mol. The largest absolute Gasteiger partial charge is 0.444 e. The lowest BCUT2D eigenvalue weighted by molar-refractivity contribution is -0.126. The van der Waals surface area contributed by atoms with E-state index in [0.29, 0.717) is 55.4 Å². The Morgan fingerprint density at radius 2 is 1.97 bits per heavy atom. The fraction of sp³-hybridized carbons (Fsp3) is 0.500. The lowest BCUT2D eigenvalue weighted by Gasteiger charge is -2.29. The molecule has 10 heteroatoms. The summed E-state index contributed by atoms with van der Waals surface area (Å²) in [5, 5.41) is 9.13. The van der Waals surface area contributed by atoms with Crippen LogP contribution in [0.3, 0.4) is 0 Å². The molecule has 3 N–H and O–H groups in total. The molecule has 0 unspecified atom stereocenters. The molecule has 0 aliphatic heterocycles. The predicted octanol–water partition coefficient (Wildman–Crippen LogP) is 5.07. The van der Waals surface area contributed by atoms with Crippen LogP contribution in [0.2, 0.25) is 0 Å². The highest BCUT2D eigenvalue weighted by Crippen LogP contribution is 2.18. The normalized spacial score (nSPS) is 11.6. The maximum atomic E-state index is 13.5. The summed E-state index contributed by atoms with van der Waals surface area (Å²) in [5.41, 5.74) is 0.570. The zero-order valence-corrected chi connectivity index (χ0v) is 23.2. The Hall–Kier alpha value is -3.87. The number of unbranched alkanes of at least 4 members (excludes halogenated alkanes) is 1. The van der Waals surface area contributed by atoms with Crippen molar-refractivity contribution in [1.29, 1.82) is 0 Å². The summed E-state index contributed by atoms with van der Waals surface area (Å²) in [7, 11) is 1.57. The van der Waals surface area contributed by atoms with E-state index in [1.54, 1.807) is 46.1 Å². The second-order valence-corrected chi connectivity index (χ2v) is 9.73. The van der Waals surface area contributed by atoms with Gasteiger partial charge in [0.25, 0.3) is 0 Å². The van der Waals surface area contributed by atoms with Crippen LogP contribution in [0.15, 0.2) is 30.5 Å². The van der Waals surface area contributed by atoms with Gasteiger partial charge in [0.05, 0.1) is 11.8 Å². The first-order valence-corrected chi connectivity index (χ1v) is 12.9. The van der Waals surface area contributed by atoms with Crippen LogP contribution in [-0.2, 0) is 9.53 Å². The zero-order chi connectivity index (χ0) is 28.1. The number of likely N-dealkylation sites (N-methyl/N-ethyl adjacent to an activating group) is 1. The molecule has 1 atom stereocenters. The maximum Gasteiger partial charge on any atom is 0.410 e. The molecule has 0 bridgehead atoms. The Kier molecular flexibility index (Phi) is 11.8. The average Bonchev–Trinajstić information content (AvgIpc) is 2.85. The van der Waals surface area contributed by atoms with E-state index in [1.165, 1.54) is 17.0 Å². The SMILES string of the molecule is CCCNc1nc(Nc2cccc(F)c2)ncc1C#CCCCNC(=O)[C@H](CC)N(C)C(=O)OC(C)(C)C. The molecule has 0 spiro atoms. The molecule has 2 amide bonds. The number of nitrogens with zero attached hydrogens (tertiary/aromatic N) is 3. The van der Waals surface area contributed by atoms with Crippen LogP contribution < -0.4 is 16.0 Å². The molecule has 1 aromatic carbocycles. The highest BCUT2D eigenvalue weighted by molar-refractivity contribution is 5.85. The molecule has 0 aliphatic carbocycles. The molecule has 0 radical (unpaired) electrons. The van der Waals surface area contributed by atoms with Gasteiger partial charge < -0.3 is 20.7 Å². The van der Waals surface area contributed by atoms with Crippen molar-refractivity contribution in [3.8, 4) is 11.8 Å². The molecular formula is C28H39FN6O3.